The first-order valence-corrected chi connectivity index (χ1v) is 12.1. The van der Waals surface area contributed by atoms with Gasteiger partial charge in [0.05, 0.1) is 16.5 Å². The van der Waals surface area contributed by atoms with Gasteiger partial charge < -0.3 is 5.73 Å². The largest absolute Gasteiger partial charge is 0.368 e. The van der Waals surface area contributed by atoms with Gasteiger partial charge in [-0.15, -0.1) is 0 Å². The van der Waals surface area contributed by atoms with Crippen molar-refractivity contribution in [3.05, 3.63) is 64.7 Å². The maximum Gasteiger partial charge on any atom is 0.244 e. The number of halogens is 1. The van der Waals surface area contributed by atoms with Crippen LogP contribution in [0.2, 0.25) is 5.02 Å². The molecule has 1 unspecified atom stereocenters. The lowest BCUT2D eigenvalue weighted by molar-refractivity contribution is -0.121. The highest BCUT2D eigenvalue weighted by Crippen LogP contribution is 2.24. The van der Waals surface area contributed by atoms with Gasteiger partial charge in [0.15, 0.2) is 0 Å². The molecule has 154 valence electrons. The van der Waals surface area contributed by atoms with E-state index in [1.165, 1.54) is 30.5 Å². The summed E-state index contributed by atoms with van der Waals surface area (Å²) in [5.74, 6) is -0.713. The highest BCUT2D eigenvalue weighted by molar-refractivity contribution is 7.89. The minimum absolute atomic E-state index is 0.0154. The van der Waals surface area contributed by atoms with Gasteiger partial charge in [-0.05, 0) is 48.4 Å². The van der Waals surface area contributed by atoms with Crippen molar-refractivity contribution in [2.75, 3.05) is 12.0 Å². The minimum Gasteiger partial charge on any atom is -0.368 e. The van der Waals surface area contributed by atoms with E-state index in [0.29, 0.717) is 16.1 Å². The minimum atomic E-state index is -4.11. The van der Waals surface area contributed by atoms with Gasteiger partial charge in [-0.3, -0.25) is 9.00 Å². The van der Waals surface area contributed by atoms with Crippen molar-refractivity contribution in [2.45, 2.75) is 23.9 Å². The van der Waals surface area contributed by atoms with Crippen molar-refractivity contribution in [1.82, 2.24) is 4.31 Å². The lowest BCUT2D eigenvalue weighted by Crippen LogP contribution is -2.48. The number of primary amides is 1. The third-order valence-corrected chi connectivity index (χ3v) is 7.13. The number of nitrogens with two attached hydrogens (primary N) is 1. The Labute approximate surface area is 177 Å². The van der Waals surface area contributed by atoms with Crippen LogP contribution in [0.1, 0.15) is 17.5 Å². The summed E-state index contributed by atoms with van der Waals surface area (Å²) in [5.41, 5.74) is 6.51. The Balaban J connectivity index is 2.49. The lowest BCUT2D eigenvalue weighted by Gasteiger charge is -2.29. The van der Waals surface area contributed by atoms with E-state index < -0.39 is 32.8 Å². The van der Waals surface area contributed by atoms with Crippen molar-refractivity contribution in [3.63, 3.8) is 0 Å². The molecule has 1 amide bonds. The predicted octanol–water partition coefficient (Wildman–Crippen LogP) is 2.03. The maximum atomic E-state index is 13.3. The number of hydrogen-bond acceptors (Lipinski definition) is 5. The summed E-state index contributed by atoms with van der Waals surface area (Å²) in [6.07, 6.45) is 1.48. The Hall–Kier alpha value is -2.25. The predicted molar refractivity (Wildman–Crippen MR) is 112 cm³/mol. The summed E-state index contributed by atoms with van der Waals surface area (Å²) < 4.78 is 39.1. The summed E-state index contributed by atoms with van der Waals surface area (Å²) in [6.45, 7) is -0.138. The maximum absolute atomic E-state index is 13.3. The van der Waals surface area contributed by atoms with Gasteiger partial charge in [-0.1, -0.05) is 23.7 Å². The lowest BCUT2D eigenvalue weighted by atomic mass is 10.1. The molecule has 2 N–H and O–H groups in total. The van der Waals surface area contributed by atoms with E-state index in [0.717, 1.165) is 4.31 Å². The molecule has 0 bridgehead atoms. The normalized spacial score (nSPS) is 13.6. The van der Waals surface area contributed by atoms with E-state index >= 15 is 0 Å². The van der Waals surface area contributed by atoms with Crippen LogP contribution >= 0.6 is 11.6 Å². The van der Waals surface area contributed by atoms with Crippen LogP contribution in [0.25, 0.3) is 0 Å². The number of nitrogens with zero attached hydrogens (tertiary/aromatic N) is 2. The second-order valence-electron chi connectivity index (χ2n) is 6.30. The zero-order chi connectivity index (χ0) is 21.6. The van der Waals surface area contributed by atoms with Crippen molar-refractivity contribution < 1.29 is 17.4 Å². The van der Waals surface area contributed by atoms with Gasteiger partial charge >= 0.3 is 0 Å². The quantitative estimate of drug-likeness (QED) is 0.622. The highest BCUT2D eigenvalue weighted by Gasteiger charge is 2.35. The van der Waals surface area contributed by atoms with Gasteiger partial charge in [0, 0.05) is 34.4 Å². The van der Waals surface area contributed by atoms with E-state index in [9.17, 15) is 17.4 Å². The molecule has 29 heavy (non-hydrogen) atoms. The molecule has 0 saturated heterocycles. The molecule has 0 aliphatic carbocycles. The molecule has 2 rings (SSSR count). The molecule has 0 fully saturated rings. The molecule has 10 heteroatoms. The van der Waals surface area contributed by atoms with Crippen LogP contribution in [0.15, 0.2) is 53.4 Å². The van der Waals surface area contributed by atoms with Crippen molar-refractivity contribution in [3.8, 4) is 6.07 Å². The van der Waals surface area contributed by atoms with Crippen molar-refractivity contribution >= 4 is 38.3 Å². The Morgan fingerprint density at radius 2 is 1.79 bits per heavy atom. The number of benzene rings is 2. The zero-order valence-corrected chi connectivity index (χ0v) is 18.0. The average Bonchev–Trinajstić information content (AvgIpc) is 2.67. The second kappa shape index (κ2) is 9.98. The summed E-state index contributed by atoms with van der Waals surface area (Å²) in [6, 6.07) is 12.7. The van der Waals surface area contributed by atoms with Crippen LogP contribution in [0, 0.1) is 11.3 Å². The number of sulfonamides is 1. The number of nitriles is 1. The summed E-state index contributed by atoms with van der Waals surface area (Å²) >= 11 is 5.85. The molecule has 2 aromatic carbocycles. The van der Waals surface area contributed by atoms with Crippen LogP contribution in [-0.4, -0.2) is 40.9 Å². The molecule has 0 saturated carbocycles. The molecule has 2 aromatic rings. The SMILES string of the molecule is CS(=O)CC[C@H](C(N)=O)N(Cc1ccc(C#N)cc1)S(=O)(=O)c1ccc(Cl)cc1. The second-order valence-corrected chi connectivity index (χ2v) is 10.2. The standard InChI is InChI=1S/C19H20ClN3O4S2/c1-28(25)11-10-18(19(22)24)23(13-15-4-2-14(12-21)3-5-15)29(26,27)17-8-6-16(20)7-9-17/h2-9,18H,10-11,13H2,1H3,(H2,22,24)/t18-,28?/m1/s1. The van der Waals surface area contributed by atoms with Crippen LogP contribution in [0.3, 0.4) is 0 Å². The van der Waals surface area contributed by atoms with Gasteiger partial charge in [-0.2, -0.15) is 9.57 Å². The van der Waals surface area contributed by atoms with Gasteiger partial charge in [0.25, 0.3) is 0 Å². The zero-order valence-electron chi connectivity index (χ0n) is 15.6. The van der Waals surface area contributed by atoms with Crippen LogP contribution in [0.4, 0.5) is 0 Å². The van der Waals surface area contributed by atoms with E-state index in [1.807, 2.05) is 6.07 Å². The fourth-order valence-electron chi connectivity index (χ4n) is 2.68. The fraction of sp³-hybridized carbons (Fsp3) is 0.263. The third-order valence-electron chi connectivity index (χ3n) is 4.20. The molecule has 0 heterocycles. The molecular weight excluding hydrogens is 434 g/mol. The molecule has 7 nitrogen and oxygen atoms in total. The first-order valence-electron chi connectivity index (χ1n) is 8.51. The van der Waals surface area contributed by atoms with Gasteiger partial charge in [0.1, 0.15) is 6.04 Å². The Morgan fingerprint density at radius 3 is 2.28 bits per heavy atom. The number of amides is 1. The van der Waals surface area contributed by atoms with Gasteiger partial charge in [-0.25, -0.2) is 8.42 Å². The number of carbonyl (C=O) groups excluding carboxylic acids is 1. The van der Waals surface area contributed by atoms with E-state index in [1.54, 1.807) is 24.3 Å². The van der Waals surface area contributed by atoms with E-state index in [4.69, 9.17) is 22.6 Å². The molecule has 0 aliphatic heterocycles. The first kappa shape index (κ1) is 23.0. The number of rotatable bonds is 9. The summed E-state index contributed by atoms with van der Waals surface area (Å²) in [7, 11) is -5.34. The fourth-order valence-corrected chi connectivity index (χ4v) is 4.97. The molecule has 0 spiro atoms. The van der Waals surface area contributed by atoms with Crippen LogP contribution in [0.5, 0.6) is 0 Å². The molecule has 0 radical (unpaired) electrons. The van der Waals surface area contributed by atoms with Gasteiger partial charge in [0.2, 0.25) is 15.9 Å². The van der Waals surface area contributed by atoms with E-state index in [2.05, 4.69) is 0 Å². The third kappa shape index (κ3) is 6.11. The highest BCUT2D eigenvalue weighted by atomic mass is 35.5. The molecular formula is C19H20ClN3O4S2. The van der Waals surface area contributed by atoms with Crippen molar-refractivity contribution in [1.29, 1.82) is 5.26 Å². The first-order chi connectivity index (χ1) is 13.6. The van der Waals surface area contributed by atoms with Crippen LogP contribution in [-0.2, 0) is 32.2 Å². The summed E-state index contributed by atoms with van der Waals surface area (Å²) in [4.78, 5) is 12.1. The average molecular weight is 454 g/mol. The Bertz CT molecular complexity index is 1030. The van der Waals surface area contributed by atoms with Crippen molar-refractivity contribution in [2.24, 2.45) is 5.73 Å². The van der Waals surface area contributed by atoms with Crippen LogP contribution < -0.4 is 5.73 Å². The van der Waals surface area contributed by atoms with E-state index in [-0.39, 0.29) is 23.6 Å². The summed E-state index contributed by atoms with van der Waals surface area (Å²) in [5, 5.41) is 9.31. The number of carbonyl (C=O) groups is 1. The molecule has 0 aromatic heterocycles. The molecule has 2 atom stereocenters. The monoisotopic (exact) mass is 453 g/mol. The Morgan fingerprint density at radius 1 is 1.21 bits per heavy atom. The smallest absolute Gasteiger partial charge is 0.244 e. The number of hydrogen-bond donors (Lipinski definition) is 1. The topological polar surface area (TPSA) is 121 Å². The molecule has 0 aliphatic rings. The Kier molecular flexibility index (Phi) is 7.93.